The summed E-state index contributed by atoms with van der Waals surface area (Å²) < 4.78 is 14.9. The van der Waals surface area contributed by atoms with E-state index in [-0.39, 0.29) is 0 Å². The Morgan fingerprint density at radius 1 is 1.06 bits per heavy atom. The molecule has 9 heteroatoms. The minimum Gasteiger partial charge on any atom is -0.479 e. The van der Waals surface area contributed by atoms with Gasteiger partial charge in [0.05, 0.1) is 25.9 Å². The van der Waals surface area contributed by atoms with E-state index in [0.29, 0.717) is 25.0 Å². The predicted octanol–water partition coefficient (Wildman–Crippen LogP) is 2.85. The van der Waals surface area contributed by atoms with Gasteiger partial charge in [-0.25, -0.2) is 9.67 Å². The van der Waals surface area contributed by atoms with Crippen LogP contribution in [0.5, 0.6) is 5.88 Å². The monoisotopic (exact) mass is 419 g/mol. The fourth-order valence-corrected chi connectivity index (χ4v) is 3.99. The Hall–Kier alpha value is -3.46. The number of benzene rings is 1. The minimum absolute atomic E-state index is 0.490. The van der Waals surface area contributed by atoms with Crippen LogP contribution in [0, 0.1) is 6.92 Å². The van der Waals surface area contributed by atoms with Gasteiger partial charge in [0.15, 0.2) is 17.0 Å². The van der Waals surface area contributed by atoms with E-state index >= 15 is 0 Å². The van der Waals surface area contributed by atoms with Crippen molar-refractivity contribution in [2.45, 2.75) is 20.4 Å². The summed E-state index contributed by atoms with van der Waals surface area (Å²) in [6, 6.07) is 10.0. The fraction of sp³-hybridized carbons (Fsp3) is 0.364. The van der Waals surface area contributed by atoms with Gasteiger partial charge in [0.1, 0.15) is 5.82 Å². The van der Waals surface area contributed by atoms with Crippen molar-refractivity contribution in [3.63, 3.8) is 0 Å². The second kappa shape index (κ2) is 7.99. The lowest BCUT2D eigenvalue weighted by Crippen LogP contribution is -2.37. The average Bonchev–Trinajstić information content (AvgIpc) is 3.39. The molecule has 0 bridgehead atoms. The molecule has 0 saturated carbocycles. The maximum Gasteiger partial charge on any atom is 0.254 e. The maximum absolute atomic E-state index is 5.55. The van der Waals surface area contributed by atoms with Crippen molar-refractivity contribution < 1.29 is 9.47 Å². The van der Waals surface area contributed by atoms with Gasteiger partial charge >= 0.3 is 0 Å². The van der Waals surface area contributed by atoms with E-state index in [9.17, 15) is 0 Å². The van der Waals surface area contributed by atoms with Crippen LogP contribution in [-0.2, 0) is 11.3 Å². The number of imidazole rings is 1. The van der Waals surface area contributed by atoms with Crippen molar-refractivity contribution in [1.29, 1.82) is 0 Å². The van der Waals surface area contributed by atoms with Crippen LogP contribution in [0.1, 0.15) is 12.7 Å². The maximum atomic E-state index is 5.55. The van der Waals surface area contributed by atoms with Crippen molar-refractivity contribution in [2.75, 3.05) is 38.3 Å². The van der Waals surface area contributed by atoms with E-state index in [0.717, 1.165) is 53.6 Å². The van der Waals surface area contributed by atoms with E-state index in [4.69, 9.17) is 24.4 Å². The Kier molecular flexibility index (Phi) is 5.03. The van der Waals surface area contributed by atoms with E-state index in [1.807, 2.05) is 43.5 Å². The summed E-state index contributed by atoms with van der Waals surface area (Å²) in [4.78, 5) is 16.7. The van der Waals surface area contributed by atoms with Gasteiger partial charge in [-0.2, -0.15) is 9.97 Å². The Bertz CT molecular complexity index is 1210. The van der Waals surface area contributed by atoms with Gasteiger partial charge in [-0.15, -0.1) is 5.10 Å². The molecular weight excluding hydrogens is 394 g/mol. The number of morpholine rings is 1. The number of aryl methyl sites for hydroxylation is 2. The van der Waals surface area contributed by atoms with Crippen molar-refractivity contribution in [2.24, 2.45) is 0 Å². The number of hydrogen-bond donors (Lipinski definition) is 0. The first-order valence-corrected chi connectivity index (χ1v) is 10.5. The molecule has 1 fully saturated rings. The molecule has 0 spiro atoms. The predicted molar refractivity (Wildman–Crippen MR) is 118 cm³/mol. The Morgan fingerprint density at radius 2 is 1.84 bits per heavy atom. The molecule has 3 aromatic heterocycles. The van der Waals surface area contributed by atoms with Gasteiger partial charge in [0.2, 0.25) is 5.88 Å². The summed E-state index contributed by atoms with van der Waals surface area (Å²) in [5, 5.41) is 4.63. The van der Waals surface area contributed by atoms with Gasteiger partial charge in [-0.3, -0.25) is 0 Å². The van der Waals surface area contributed by atoms with E-state index in [1.165, 1.54) is 0 Å². The van der Waals surface area contributed by atoms with Crippen molar-refractivity contribution in [3.05, 3.63) is 42.4 Å². The fourth-order valence-electron chi connectivity index (χ4n) is 3.99. The molecule has 0 atom stereocenters. The summed E-state index contributed by atoms with van der Waals surface area (Å²) in [5.41, 5.74) is 3.53. The molecule has 1 aromatic carbocycles. The summed E-state index contributed by atoms with van der Waals surface area (Å²) in [6.07, 6.45) is 1.91. The highest BCUT2D eigenvalue weighted by atomic mass is 16.5. The lowest BCUT2D eigenvalue weighted by molar-refractivity contribution is 0.122. The number of rotatable bonds is 5. The van der Waals surface area contributed by atoms with E-state index in [1.54, 1.807) is 11.8 Å². The second-order valence-electron chi connectivity index (χ2n) is 7.38. The third-order valence-electron chi connectivity index (χ3n) is 5.55. The molecular formula is C22H25N7O2. The molecule has 1 saturated heterocycles. The van der Waals surface area contributed by atoms with Crippen LogP contribution < -0.4 is 9.64 Å². The van der Waals surface area contributed by atoms with Gasteiger partial charge in [0.25, 0.3) is 5.95 Å². The van der Waals surface area contributed by atoms with Crippen LogP contribution in [0.4, 0.5) is 5.82 Å². The molecule has 0 unspecified atom stereocenters. The molecule has 31 heavy (non-hydrogen) atoms. The van der Waals surface area contributed by atoms with Crippen molar-refractivity contribution >= 4 is 17.0 Å². The standard InChI is InChI=1S/C22H25N7O2/c1-4-28-15(2)23-18-19(27-10-12-31-13-11-27)24-22(25-20(18)28)29-14-17(21(26-29)30-3)16-8-6-5-7-9-16/h5-9,14H,4,10-13H2,1-3H3. The van der Waals surface area contributed by atoms with Crippen LogP contribution >= 0.6 is 0 Å². The van der Waals surface area contributed by atoms with Crippen molar-refractivity contribution in [1.82, 2.24) is 29.3 Å². The first-order chi connectivity index (χ1) is 15.2. The number of hydrogen-bond acceptors (Lipinski definition) is 7. The number of nitrogens with zero attached hydrogens (tertiary/aromatic N) is 7. The normalized spacial score (nSPS) is 14.4. The van der Waals surface area contributed by atoms with Crippen LogP contribution in [-0.4, -0.2) is 62.7 Å². The first kappa shape index (κ1) is 19.5. The Labute approximate surface area is 180 Å². The van der Waals surface area contributed by atoms with E-state index < -0.39 is 0 Å². The molecule has 1 aliphatic rings. The summed E-state index contributed by atoms with van der Waals surface area (Å²) in [7, 11) is 1.62. The summed E-state index contributed by atoms with van der Waals surface area (Å²) in [5.74, 6) is 2.75. The molecule has 9 nitrogen and oxygen atoms in total. The third-order valence-corrected chi connectivity index (χ3v) is 5.55. The molecule has 0 amide bonds. The highest BCUT2D eigenvalue weighted by Gasteiger charge is 2.23. The zero-order valence-corrected chi connectivity index (χ0v) is 17.9. The zero-order chi connectivity index (χ0) is 21.4. The van der Waals surface area contributed by atoms with Gasteiger partial charge in [0, 0.05) is 25.8 Å². The molecule has 1 aliphatic heterocycles. The number of anilines is 1. The second-order valence-corrected chi connectivity index (χ2v) is 7.38. The van der Waals surface area contributed by atoms with Gasteiger partial charge in [-0.1, -0.05) is 30.3 Å². The average molecular weight is 419 g/mol. The molecule has 0 radical (unpaired) electrons. The SMILES string of the molecule is CCn1c(C)nc2c(N3CCOCC3)nc(-n3cc(-c4ccccc4)c(OC)n3)nc21. The molecule has 0 aliphatic carbocycles. The lowest BCUT2D eigenvalue weighted by atomic mass is 10.1. The Balaban J connectivity index is 1.69. The molecule has 4 heterocycles. The number of aromatic nitrogens is 6. The first-order valence-electron chi connectivity index (χ1n) is 10.5. The van der Waals surface area contributed by atoms with Crippen LogP contribution in [0.15, 0.2) is 36.5 Å². The number of methoxy groups -OCH3 is 1. The zero-order valence-electron chi connectivity index (χ0n) is 17.9. The highest BCUT2D eigenvalue weighted by Crippen LogP contribution is 2.31. The Morgan fingerprint density at radius 3 is 2.55 bits per heavy atom. The van der Waals surface area contributed by atoms with Gasteiger partial charge < -0.3 is 18.9 Å². The van der Waals surface area contributed by atoms with Crippen molar-refractivity contribution in [3.8, 4) is 23.0 Å². The van der Waals surface area contributed by atoms with Crippen LogP contribution in [0.25, 0.3) is 28.2 Å². The highest BCUT2D eigenvalue weighted by molar-refractivity contribution is 5.85. The van der Waals surface area contributed by atoms with Crippen LogP contribution in [0.2, 0.25) is 0 Å². The summed E-state index contributed by atoms with van der Waals surface area (Å²) in [6.45, 7) is 7.73. The molecule has 160 valence electrons. The quantitative estimate of drug-likeness (QED) is 0.492. The topological polar surface area (TPSA) is 83.1 Å². The minimum atomic E-state index is 0.490. The number of fused-ring (bicyclic) bond motifs is 1. The lowest BCUT2D eigenvalue weighted by Gasteiger charge is -2.28. The van der Waals surface area contributed by atoms with Crippen LogP contribution in [0.3, 0.4) is 0 Å². The largest absolute Gasteiger partial charge is 0.479 e. The molecule has 0 N–H and O–H groups in total. The number of ether oxygens (including phenoxy) is 2. The summed E-state index contributed by atoms with van der Waals surface area (Å²) >= 11 is 0. The smallest absolute Gasteiger partial charge is 0.254 e. The molecule has 5 rings (SSSR count). The third kappa shape index (κ3) is 3.40. The molecule has 4 aromatic rings. The van der Waals surface area contributed by atoms with Gasteiger partial charge in [-0.05, 0) is 19.4 Å². The van der Waals surface area contributed by atoms with E-state index in [2.05, 4.69) is 21.5 Å².